The van der Waals surface area contributed by atoms with E-state index in [-0.39, 0.29) is 0 Å². The van der Waals surface area contributed by atoms with Gasteiger partial charge in [-0.15, -0.1) is 22.7 Å². The van der Waals surface area contributed by atoms with E-state index in [1.807, 2.05) is 23.8 Å². The van der Waals surface area contributed by atoms with Gasteiger partial charge in [-0.2, -0.15) is 0 Å². The lowest BCUT2D eigenvalue weighted by molar-refractivity contribution is 0.112. The number of aldehydes is 1. The molecule has 14 heavy (non-hydrogen) atoms. The second kappa shape index (κ2) is 4.25. The molecule has 0 saturated heterocycles. The highest BCUT2D eigenvalue weighted by Crippen LogP contribution is 2.32. The van der Waals surface area contributed by atoms with Gasteiger partial charge < -0.3 is 0 Å². The number of carbonyl (C=O) groups excluding carboxylic acids is 1. The molecule has 0 atom stereocenters. The van der Waals surface area contributed by atoms with Crippen LogP contribution >= 0.6 is 34.4 Å². The summed E-state index contributed by atoms with van der Waals surface area (Å²) in [6.45, 7) is 1.98. The summed E-state index contributed by atoms with van der Waals surface area (Å²) in [6, 6.07) is 1.89. The molecule has 2 aromatic heterocycles. The first-order valence-corrected chi connectivity index (χ1v) is 6.49. The van der Waals surface area contributed by atoms with Crippen molar-refractivity contribution in [2.45, 2.75) is 16.2 Å². The van der Waals surface area contributed by atoms with Gasteiger partial charge >= 0.3 is 0 Å². The number of nitrogens with zero attached hydrogens (tertiary/aromatic N) is 1. The Bertz CT molecular complexity index is 446. The summed E-state index contributed by atoms with van der Waals surface area (Å²) in [5.74, 6) is 0. The predicted octanol–water partition coefficient (Wildman–Crippen LogP) is 3.48. The van der Waals surface area contributed by atoms with Gasteiger partial charge in [0.05, 0.1) is 4.88 Å². The van der Waals surface area contributed by atoms with E-state index >= 15 is 0 Å². The van der Waals surface area contributed by atoms with Gasteiger partial charge in [-0.1, -0.05) is 11.8 Å². The molecule has 2 aromatic rings. The average molecular weight is 241 g/mol. The summed E-state index contributed by atoms with van der Waals surface area (Å²) in [7, 11) is 0. The number of aromatic nitrogens is 1. The average Bonchev–Trinajstić information content (AvgIpc) is 2.76. The fourth-order valence-electron chi connectivity index (χ4n) is 0.930. The number of thiazole rings is 1. The molecule has 0 spiro atoms. The summed E-state index contributed by atoms with van der Waals surface area (Å²) in [5.41, 5.74) is 1.04. The lowest BCUT2D eigenvalue weighted by Crippen LogP contribution is -1.70. The molecule has 0 amide bonds. The molecule has 0 unspecified atom stereocenters. The molecule has 0 aliphatic heterocycles. The zero-order valence-corrected chi connectivity index (χ0v) is 9.84. The van der Waals surface area contributed by atoms with Gasteiger partial charge in [0.15, 0.2) is 10.6 Å². The van der Waals surface area contributed by atoms with Gasteiger partial charge in [0.25, 0.3) is 0 Å². The van der Waals surface area contributed by atoms with Crippen LogP contribution in [0.2, 0.25) is 0 Å². The molecule has 0 aromatic carbocycles. The fraction of sp³-hybridized carbons (Fsp3) is 0.111. The Morgan fingerprint density at radius 2 is 2.29 bits per heavy atom. The van der Waals surface area contributed by atoms with Gasteiger partial charge in [0, 0.05) is 21.3 Å². The maximum atomic E-state index is 10.5. The molecule has 5 heteroatoms. The SMILES string of the molecule is Cc1csc(Sc2csc(C=O)c2)n1. The molecule has 72 valence electrons. The zero-order valence-electron chi connectivity index (χ0n) is 7.39. The maximum Gasteiger partial charge on any atom is 0.160 e. The topological polar surface area (TPSA) is 30.0 Å². The van der Waals surface area contributed by atoms with Crippen LogP contribution in [0.5, 0.6) is 0 Å². The zero-order chi connectivity index (χ0) is 9.97. The van der Waals surface area contributed by atoms with E-state index in [4.69, 9.17) is 0 Å². The van der Waals surface area contributed by atoms with E-state index in [0.717, 1.165) is 26.1 Å². The Hall–Kier alpha value is -0.650. The normalized spacial score (nSPS) is 10.4. The monoisotopic (exact) mass is 241 g/mol. The number of carbonyl (C=O) groups is 1. The highest BCUT2D eigenvalue weighted by molar-refractivity contribution is 8.01. The van der Waals surface area contributed by atoms with E-state index < -0.39 is 0 Å². The van der Waals surface area contributed by atoms with Crippen molar-refractivity contribution >= 4 is 40.7 Å². The molecule has 0 fully saturated rings. The minimum absolute atomic E-state index is 0.765. The number of thiophene rings is 1. The van der Waals surface area contributed by atoms with Crippen molar-refractivity contribution in [1.29, 1.82) is 0 Å². The number of aryl methyl sites for hydroxylation is 1. The third kappa shape index (κ3) is 2.23. The highest BCUT2D eigenvalue weighted by atomic mass is 32.2. The summed E-state index contributed by atoms with van der Waals surface area (Å²) < 4.78 is 1.03. The van der Waals surface area contributed by atoms with Crippen molar-refractivity contribution in [2.24, 2.45) is 0 Å². The van der Waals surface area contributed by atoms with Crippen LogP contribution in [-0.4, -0.2) is 11.3 Å². The molecule has 2 heterocycles. The van der Waals surface area contributed by atoms with Crippen LogP contribution in [0.1, 0.15) is 15.4 Å². The Labute approximate surface area is 94.0 Å². The second-order valence-corrected chi connectivity index (χ2v) is 5.78. The lowest BCUT2D eigenvalue weighted by atomic mass is 10.5. The standard InChI is InChI=1S/C9H7NOS3/c1-6-4-13-9(10-6)14-8-2-7(3-11)12-5-8/h2-5H,1H3. The van der Waals surface area contributed by atoms with Crippen LogP contribution in [0, 0.1) is 6.92 Å². The second-order valence-electron chi connectivity index (χ2n) is 2.66. The minimum Gasteiger partial charge on any atom is -0.297 e. The summed E-state index contributed by atoms with van der Waals surface area (Å²) >= 11 is 4.70. The third-order valence-corrected chi connectivity index (χ3v) is 4.55. The smallest absolute Gasteiger partial charge is 0.160 e. The van der Waals surface area contributed by atoms with Crippen molar-refractivity contribution in [3.8, 4) is 0 Å². The van der Waals surface area contributed by atoms with Crippen LogP contribution in [-0.2, 0) is 0 Å². The molecule has 0 radical (unpaired) electrons. The largest absolute Gasteiger partial charge is 0.297 e. The molecule has 2 rings (SSSR count). The molecule has 0 aliphatic carbocycles. The van der Waals surface area contributed by atoms with Crippen molar-refractivity contribution in [2.75, 3.05) is 0 Å². The first-order chi connectivity index (χ1) is 6.78. The number of rotatable bonds is 3. The summed E-state index contributed by atoms with van der Waals surface area (Å²) in [4.78, 5) is 16.7. The van der Waals surface area contributed by atoms with Gasteiger partial charge in [0.2, 0.25) is 0 Å². The van der Waals surface area contributed by atoms with Crippen LogP contribution in [0.25, 0.3) is 0 Å². The fourth-order valence-corrected chi connectivity index (χ4v) is 3.64. The molecule has 0 N–H and O–H groups in total. The lowest BCUT2D eigenvalue weighted by Gasteiger charge is -1.89. The number of hydrogen-bond acceptors (Lipinski definition) is 5. The Kier molecular flexibility index (Phi) is 3.00. The molecular formula is C9H7NOS3. The highest BCUT2D eigenvalue weighted by Gasteiger charge is 2.04. The van der Waals surface area contributed by atoms with Gasteiger partial charge in [0.1, 0.15) is 0 Å². The third-order valence-electron chi connectivity index (χ3n) is 1.51. The molecule has 0 bridgehead atoms. The van der Waals surface area contributed by atoms with Gasteiger partial charge in [-0.05, 0) is 13.0 Å². The summed E-state index contributed by atoms with van der Waals surface area (Å²) in [6.07, 6.45) is 0.877. The predicted molar refractivity (Wildman–Crippen MR) is 60.7 cm³/mol. The van der Waals surface area contributed by atoms with Crippen molar-refractivity contribution in [3.05, 3.63) is 27.4 Å². The van der Waals surface area contributed by atoms with E-state index in [9.17, 15) is 4.79 Å². The Morgan fingerprint density at radius 3 is 2.86 bits per heavy atom. The molecule has 0 aliphatic rings. The minimum atomic E-state index is 0.765. The number of hydrogen-bond donors (Lipinski definition) is 0. The van der Waals surface area contributed by atoms with Crippen LogP contribution < -0.4 is 0 Å². The first kappa shape index (κ1) is 9.89. The van der Waals surface area contributed by atoms with Crippen molar-refractivity contribution < 1.29 is 4.79 Å². The van der Waals surface area contributed by atoms with E-state index in [1.165, 1.54) is 11.3 Å². The quantitative estimate of drug-likeness (QED) is 0.771. The molecular weight excluding hydrogens is 234 g/mol. The Morgan fingerprint density at radius 1 is 1.43 bits per heavy atom. The van der Waals surface area contributed by atoms with Crippen molar-refractivity contribution in [3.63, 3.8) is 0 Å². The van der Waals surface area contributed by atoms with Crippen LogP contribution in [0.3, 0.4) is 0 Å². The maximum absolute atomic E-state index is 10.5. The first-order valence-electron chi connectivity index (χ1n) is 3.91. The van der Waals surface area contributed by atoms with Gasteiger partial charge in [-0.25, -0.2) is 4.98 Å². The van der Waals surface area contributed by atoms with E-state index in [2.05, 4.69) is 4.98 Å². The van der Waals surface area contributed by atoms with Gasteiger partial charge in [-0.3, -0.25) is 4.79 Å². The molecule has 2 nitrogen and oxygen atoms in total. The van der Waals surface area contributed by atoms with E-state index in [0.29, 0.717) is 0 Å². The van der Waals surface area contributed by atoms with Crippen LogP contribution in [0.4, 0.5) is 0 Å². The Balaban J connectivity index is 2.14. The van der Waals surface area contributed by atoms with Crippen LogP contribution in [0.15, 0.2) is 26.1 Å². The summed E-state index contributed by atoms with van der Waals surface area (Å²) in [5, 5.41) is 4.00. The van der Waals surface area contributed by atoms with Crippen molar-refractivity contribution in [1.82, 2.24) is 4.98 Å². The molecule has 0 saturated carbocycles. The van der Waals surface area contributed by atoms with E-state index in [1.54, 1.807) is 23.1 Å².